The first-order chi connectivity index (χ1) is 8.15. The third kappa shape index (κ3) is 3.75. The summed E-state index contributed by atoms with van der Waals surface area (Å²) in [5, 5.41) is 18.3. The molecule has 4 nitrogen and oxygen atoms in total. The third-order valence-corrected chi connectivity index (χ3v) is 3.01. The molecule has 2 atom stereocenters. The monoisotopic (exact) mass is 236 g/mol. The number of aliphatic carboxylic acids is 1. The van der Waals surface area contributed by atoms with Gasteiger partial charge in [0, 0.05) is 0 Å². The van der Waals surface area contributed by atoms with Crippen LogP contribution in [0, 0.1) is 5.92 Å². The van der Waals surface area contributed by atoms with Crippen LogP contribution in [0.15, 0.2) is 24.3 Å². The van der Waals surface area contributed by atoms with E-state index >= 15 is 0 Å². The highest BCUT2D eigenvalue weighted by molar-refractivity contribution is 5.70. The molecule has 1 aliphatic rings. The lowest BCUT2D eigenvalue weighted by molar-refractivity contribution is -0.142. The second kappa shape index (κ2) is 5.19. The molecule has 4 heteroatoms. The number of aromatic hydroxyl groups is 1. The van der Waals surface area contributed by atoms with Crippen LogP contribution < -0.4 is 0 Å². The lowest BCUT2D eigenvalue weighted by Crippen LogP contribution is -2.17. The second-order valence-electron chi connectivity index (χ2n) is 4.44. The van der Waals surface area contributed by atoms with Gasteiger partial charge in [0.2, 0.25) is 0 Å². The van der Waals surface area contributed by atoms with Crippen LogP contribution in [0.4, 0.5) is 0 Å². The first-order valence-corrected chi connectivity index (χ1v) is 5.77. The fourth-order valence-electron chi connectivity index (χ4n) is 1.85. The van der Waals surface area contributed by atoms with Gasteiger partial charge in [0.25, 0.3) is 0 Å². The van der Waals surface area contributed by atoms with Crippen molar-refractivity contribution in [2.24, 2.45) is 5.92 Å². The summed E-state index contributed by atoms with van der Waals surface area (Å²) in [6.07, 6.45) is 2.23. The van der Waals surface area contributed by atoms with Gasteiger partial charge in [-0.1, -0.05) is 12.1 Å². The Balaban J connectivity index is 1.91. The summed E-state index contributed by atoms with van der Waals surface area (Å²) in [5.41, 5.74) is 0.937. The number of benzene rings is 1. The lowest BCUT2D eigenvalue weighted by atomic mass is 9.94. The van der Waals surface area contributed by atoms with Gasteiger partial charge in [-0.15, -0.1) is 0 Å². The number of phenolic OH excluding ortho intramolecular Hbond substituents is 1. The Bertz CT molecular complexity index is 381. The van der Waals surface area contributed by atoms with Crippen molar-refractivity contribution >= 4 is 5.97 Å². The average Bonchev–Trinajstić information content (AvgIpc) is 3.10. The molecular formula is C13H16O4. The number of ether oxygens (including phenoxy) is 1. The normalized spacial score (nSPS) is 19.9. The highest BCUT2D eigenvalue weighted by Crippen LogP contribution is 2.22. The number of carbonyl (C=O) groups is 1. The molecule has 0 aromatic heterocycles. The summed E-state index contributed by atoms with van der Waals surface area (Å²) >= 11 is 0. The third-order valence-electron chi connectivity index (χ3n) is 3.01. The van der Waals surface area contributed by atoms with Gasteiger partial charge in [-0.25, -0.2) is 0 Å². The minimum atomic E-state index is -0.765. The molecule has 92 valence electrons. The van der Waals surface area contributed by atoms with Crippen LogP contribution in [-0.4, -0.2) is 28.9 Å². The van der Waals surface area contributed by atoms with Gasteiger partial charge in [-0.2, -0.15) is 0 Å². The smallest absolute Gasteiger partial charge is 0.306 e. The molecule has 1 fully saturated rings. The maximum absolute atomic E-state index is 11.1. The minimum Gasteiger partial charge on any atom is -0.508 e. The topological polar surface area (TPSA) is 70.1 Å². The van der Waals surface area contributed by atoms with E-state index in [4.69, 9.17) is 14.9 Å². The fraction of sp³-hybridized carbons (Fsp3) is 0.462. The van der Waals surface area contributed by atoms with Gasteiger partial charge in [-0.3, -0.25) is 4.79 Å². The fourth-order valence-corrected chi connectivity index (χ4v) is 1.85. The molecule has 0 aliphatic carbocycles. The van der Waals surface area contributed by atoms with Crippen LogP contribution in [-0.2, 0) is 16.0 Å². The zero-order chi connectivity index (χ0) is 12.3. The van der Waals surface area contributed by atoms with Gasteiger partial charge in [0.05, 0.1) is 18.6 Å². The molecule has 2 rings (SSSR count). The van der Waals surface area contributed by atoms with Crippen molar-refractivity contribution in [3.63, 3.8) is 0 Å². The van der Waals surface area contributed by atoms with Crippen molar-refractivity contribution in [2.45, 2.75) is 25.4 Å². The summed E-state index contributed by atoms with van der Waals surface area (Å²) in [4.78, 5) is 11.1. The molecule has 1 unspecified atom stereocenters. The number of carboxylic acids is 1. The van der Waals surface area contributed by atoms with Crippen LogP contribution >= 0.6 is 0 Å². The summed E-state index contributed by atoms with van der Waals surface area (Å²) in [7, 11) is 0. The molecule has 17 heavy (non-hydrogen) atoms. The van der Waals surface area contributed by atoms with Crippen LogP contribution in [0.5, 0.6) is 5.75 Å². The summed E-state index contributed by atoms with van der Waals surface area (Å²) in [5.74, 6) is -0.936. The average molecular weight is 236 g/mol. The Labute approximate surface area is 99.8 Å². The molecule has 0 saturated carbocycles. The molecule has 0 bridgehead atoms. The highest BCUT2D eigenvalue weighted by Gasteiger charge is 2.26. The number of hydrogen-bond acceptors (Lipinski definition) is 3. The Kier molecular flexibility index (Phi) is 3.64. The van der Waals surface area contributed by atoms with Crippen molar-refractivity contribution in [1.29, 1.82) is 0 Å². The van der Waals surface area contributed by atoms with E-state index in [1.54, 1.807) is 24.3 Å². The molecule has 1 heterocycles. The van der Waals surface area contributed by atoms with Crippen LogP contribution in [0.3, 0.4) is 0 Å². The van der Waals surface area contributed by atoms with E-state index in [0.717, 1.165) is 18.6 Å². The largest absolute Gasteiger partial charge is 0.508 e. The van der Waals surface area contributed by atoms with Gasteiger partial charge < -0.3 is 14.9 Å². The van der Waals surface area contributed by atoms with Crippen LogP contribution in [0.1, 0.15) is 18.4 Å². The van der Waals surface area contributed by atoms with Crippen molar-refractivity contribution in [1.82, 2.24) is 0 Å². The summed E-state index contributed by atoms with van der Waals surface area (Å²) in [6, 6.07) is 6.69. The highest BCUT2D eigenvalue weighted by atomic mass is 16.6. The predicted molar refractivity (Wildman–Crippen MR) is 61.9 cm³/mol. The van der Waals surface area contributed by atoms with Crippen molar-refractivity contribution < 1.29 is 19.7 Å². The molecule has 1 aromatic rings. The molecule has 0 radical (unpaired) electrons. The minimum absolute atomic E-state index is 0.201. The molecule has 0 spiro atoms. The van der Waals surface area contributed by atoms with Gasteiger partial charge >= 0.3 is 5.97 Å². The maximum Gasteiger partial charge on any atom is 0.306 e. The molecule has 1 aromatic carbocycles. The molecule has 1 saturated heterocycles. The second-order valence-corrected chi connectivity index (χ2v) is 4.44. The molecule has 2 N–H and O–H groups in total. The number of phenols is 1. The van der Waals surface area contributed by atoms with Gasteiger partial charge in [0.15, 0.2) is 0 Å². The standard InChI is InChI=1S/C13H16O4/c14-11-4-1-9(2-5-11)7-10(13(15)16)3-6-12-8-17-12/h1-2,4-5,10,12,14H,3,6-8H2,(H,15,16)/t10?,12-/m1/s1. The van der Waals surface area contributed by atoms with Gasteiger partial charge in [-0.05, 0) is 37.0 Å². The zero-order valence-electron chi connectivity index (χ0n) is 9.50. The molecule has 0 amide bonds. The Hall–Kier alpha value is -1.55. The number of rotatable bonds is 6. The first-order valence-electron chi connectivity index (χ1n) is 5.77. The number of epoxide rings is 1. The lowest BCUT2D eigenvalue weighted by Gasteiger charge is -2.11. The van der Waals surface area contributed by atoms with E-state index in [9.17, 15) is 4.79 Å². The molecule has 1 aliphatic heterocycles. The zero-order valence-corrected chi connectivity index (χ0v) is 9.50. The Morgan fingerprint density at radius 2 is 2.06 bits per heavy atom. The van der Waals surface area contributed by atoms with Crippen LogP contribution in [0.25, 0.3) is 0 Å². The number of carboxylic acid groups (broad SMARTS) is 1. The predicted octanol–water partition coefficient (Wildman–Crippen LogP) is 1.81. The summed E-state index contributed by atoms with van der Waals surface area (Å²) in [6.45, 7) is 0.769. The SMILES string of the molecule is O=C(O)C(CC[C@@H]1CO1)Cc1ccc(O)cc1. The van der Waals surface area contributed by atoms with E-state index in [-0.39, 0.29) is 17.8 Å². The van der Waals surface area contributed by atoms with Crippen LogP contribution in [0.2, 0.25) is 0 Å². The van der Waals surface area contributed by atoms with E-state index in [1.165, 1.54) is 0 Å². The van der Waals surface area contributed by atoms with Gasteiger partial charge in [0.1, 0.15) is 5.75 Å². The quantitative estimate of drug-likeness (QED) is 0.739. The maximum atomic E-state index is 11.1. The van der Waals surface area contributed by atoms with E-state index in [0.29, 0.717) is 12.8 Å². The van der Waals surface area contributed by atoms with Crippen molar-refractivity contribution in [3.05, 3.63) is 29.8 Å². The Morgan fingerprint density at radius 3 is 2.59 bits per heavy atom. The number of hydrogen-bond donors (Lipinski definition) is 2. The van der Waals surface area contributed by atoms with E-state index in [2.05, 4.69) is 0 Å². The van der Waals surface area contributed by atoms with E-state index < -0.39 is 5.97 Å². The van der Waals surface area contributed by atoms with E-state index in [1.807, 2.05) is 0 Å². The van der Waals surface area contributed by atoms with Crippen molar-refractivity contribution in [3.8, 4) is 5.75 Å². The summed E-state index contributed by atoms with van der Waals surface area (Å²) < 4.78 is 5.08. The Morgan fingerprint density at radius 1 is 1.41 bits per heavy atom. The molecular weight excluding hydrogens is 220 g/mol. The first kappa shape index (κ1) is 11.9. The van der Waals surface area contributed by atoms with Crippen molar-refractivity contribution in [2.75, 3.05) is 6.61 Å².